The molecule has 2 N–H and O–H groups in total. The van der Waals surface area contributed by atoms with E-state index in [1.807, 2.05) is 6.92 Å². The zero-order valence-electron chi connectivity index (χ0n) is 10.3. The van der Waals surface area contributed by atoms with E-state index in [1.54, 1.807) is 0 Å². The lowest BCUT2D eigenvalue weighted by molar-refractivity contribution is 0.237. The molecule has 0 spiro atoms. The Hall–Kier alpha value is -0.0900. The van der Waals surface area contributed by atoms with Crippen molar-refractivity contribution in [3.8, 4) is 0 Å². The highest BCUT2D eigenvalue weighted by atomic mass is 32.2. The molecule has 0 saturated heterocycles. The quantitative estimate of drug-likeness (QED) is 0.780. The fraction of sp³-hybridized carbons (Fsp3) is 1.00. The highest BCUT2D eigenvalue weighted by Gasteiger charge is 2.25. The van der Waals surface area contributed by atoms with Crippen molar-refractivity contribution >= 4 is 9.84 Å². The highest BCUT2D eigenvalue weighted by molar-refractivity contribution is 7.91. The van der Waals surface area contributed by atoms with Crippen molar-refractivity contribution in [2.45, 2.75) is 45.4 Å². The normalized spacial score (nSPS) is 26.9. The van der Waals surface area contributed by atoms with Gasteiger partial charge in [-0.1, -0.05) is 26.2 Å². The molecule has 1 fully saturated rings. The minimum atomic E-state index is -2.80. The van der Waals surface area contributed by atoms with Crippen molar-refractivity contribution in [1.82, 2.24) is 0 Å². The molecule has 2 unspecified atom stereocenters. The first kappa shape index (κ1) is 14.0. The predicted octanol–water partition coefficient (Wildman–Crippen LogP) is 1.97. The Labute approximate surface area is 99.7 Å². The van der Waals surface area contributed by atoms with Crippen molar-refractivity contribution in [3.05, 3.63) is 0 Å². The summed E-state index contributed by atoms with van der Waals surface area (Å²) in [7, 11) is -2.80. The molecular weight excluding hydrogens is 222 g/mol. The van der Waals surface area contributed by atoms with Gasteiger partial charge in [-0.25, -0.2) is 8.42 Å². The van der Waals surface area contributed by atoms with Crippen LogP contribution in [0.5, 0.6) is 0 Å². The molecule has 1 saturated carbocycles. The summed E-state index contributed by atoms with van der Waals surface area (Å²) in [6.07, 6.45) is 6.42. The maximum atomic E-state index is 11.6. The van der Waals surface area contributed by atoms with Gasteiger partial charge in [0.2, 0.25) is 0 Å². The van der Waals surface area contributed by atoms with Gasteiger partial charge in [0.25, 0.3) is 0 Å². The lowest BCUT2D eigenvalue weighted by Gasteiger charge is -2.30. The highest BCUT2D eigenvalue weighted by Crippen LogP contribution is 2.31. The first-order valence-electron chi connectivity index (χ1n) is 6.49. The van der Waals surface area contributed by atoms with Crippen LogP contribution in [0.2, 0.25) is 0 Å². The molecule has 96 valence electrons. The topological polar surface area (TPSA) is 60.2 Å². The third kappa shape index (κ3) is 4.42. The Morgan fingerprint density at radius 3 is 2.31 bits per heavy atom. The molecule has 16 heavy (non-hydrogen) atoms. The monoisotopic (exact) mass is 247 g/mol. The molecule has 0 radical (unpaired) electrons. The van der Waals surface area contributed by atoms with Gasteiger partial charge in [0.1, 0.15) is 9.84 Å². The van der Waals surface area contributed by atoms with Crippen LogP contribution in [-0.4, -0.2) is 26.5 Å². The van der Waals surface area contributed by atoms with Crippen molar-refractivity contribution in [1.29, 1.82) is 0 Å². The smallest absolute Gasteiger partial charge is 0.150 e. The summed E-state index contributed by atoms with van der Waals surface area (Å²) in [5, 5.41) is 0. The summed E-state index contributed by atoms with van der Waals surface area (Å²) < 4.78 is 23.3. The summed E-state index contributed by atoms with van der Waals surface area (Å²) in [6.45, 7) is 2.64. The van der Waals surface area contributed by atoms with E-state index in [0.717, 1.165) is 19.4 Å². The molecular formula is C12H25NO2S. The lowest BCUT2D eigenvalue weighted by atomic mass is 9.78. The molecule has 0 amide bonds. The van der Waals surface area contributed by atoms with E-state index in [0.29, 0.717) is 23.3 Å². The van der Waals surface area contributed by atoms with Gasteiger partial charge in [-0.05, 0) is 37.6 Å². The maximum Gasteiger partial charge on any atom is 0.150 e. The van der Waals surface area contributed by atoms with Gasteiger partial charge in [-0.15, -0.1) is 0 Å². The number of rotatable bonds is 6. The predicted molar refractivity (Wildman–Crippen MR) is 68.1 cm³/mol. The minimum Gasteiger partial charge on any atom is -0.330 e. The van der Waals surface area contributed by atoms with Crippen molar-refractivity contribution in [2.24, 2.45) is 17.6 Å². The Kier molecular flexibility index (Phi) is 5.76. The number of sulfone groups is 1. The first-order valence-corrected chi connectivity index (χ1v) is 8.31. The van der Waals surface area contributed by atoms with E-state index in [1.165, 1.54) is 25.7 Å². The molecule has 0 aliphatic heterocycles. The van der Waals surface area contributed by atoms with E-state index in [2.05, 4.69) is 0 Å². The van der Waals surface area contributed by atoms with Crippen LogP contribution in [0.4, 0.5) is 0 Å². The molecule has 0 heterocycles. The second-order valence-corrected chi connectivity index (χ2v) is 7.28. The zero-order valence-corrected chi connectivity index (χ0v) is 11.1. The summed E-state index contributed by atoms with van der Waals surface area (Å²) in [5.74, 6) is 1.81. The minimum absolute atomic E-state index is 0.340. The molecule has 1 aliphatic rings. The van der Waals surface area contributed by atoms with Gasteiger partial charge >= 0.3 is 0 Å². The Balaban J connectivity index is 2.41. The van der Waals surface area contributed by atoms with Crippen LogP contribution in [0.1, 0.15) is 45.4 Å². The molecule has 0 bridgehead atoms. The molecule has 1 aliphatic carbocycles. The van der Waals surface area contributed by atoms with Gasteiger partial charge in [-0.2, -0.15) is 0 Å². The van der Waals surface area contributed by atoms with Crippen LogP contribution < -0.4 is 5.73 Å². The van der Waals surface area contributed by atoms with Gasteiger partial charge in [0, 0.05) is 5.75 Å². The average molecular weight is 247 g/mol. The second kappa shape index (κ2) is 6.60. The molecule has 2 atom stereocenters. The second-order valence-electron chi connectivity index (χ2n) is 4.98. The third-order valence-corrected chi connectivity index (χ3v) is 5.57. The SMILES string of the molecule is CCCS(=O)(=O)CCC1CCCCC1CN. The Bertz CT molecular complexity index is 287. The van der Waals surface area contributed by atoms with E-state index in [4.69, 9.17) is 5.73 Å². The molecule has 0 aromatic rings. The summed E-state index contributed by atoms with van der Waals surface area (Å²) in [4.78, 5) is 0. The summed E-state index contributed by atoms with van der Waals surface area (Å²) in [5.41, 5.74) is 5.74. The van der Waals surface area contributed by atoms with E-state index >= 15 is 0 Å². The average Bonchev–Trinajstić information content (AvgIpc) is 2.27. The standard InChI is InChI=1S/C12H25NO2S/c1-2-8-16(14,15)9-7-11-5-3-4-6-12(11)10-13/h11-12H,2-10,13H2,1H3. The van der Waals surface area contributed by atoms with E-state index < -0.39 is 9.84 Å². The maximum absolute atomic E-state index is 11.6. The van der Waals surface area contributed by atoms with Crippen molar-refractivity contribution < 1.29 is 8.42 Å². The van der Waals surface area contributed by atoms with Crippen LogP contribution >= 0.6 is 0 Å². The van der Waals surface area contributed by atoms with Crippen LogP contribution in [-0.2, 0) is 9.84 Å². The van der Waals surface area contributed by atoms with Gasteiger partial charge in [0.05, 0.1) is 5.75 Å². The Morgan fingerprint density at radius 2 is 1.75 bits per heavy atom. The fourth-order valence-corrected chi connectivity index (χ4v) is 4.21. The first-order chi connectivity index (χ1) is 7.59. The molecule has 0 aromatic carbocycles. The van der Waals surface area contributed by atoms with Crippen LogP contribution in [0.25, 0.3) is 0 Å². The lowest BCUT2D eigenvalue weighted by Crippen LogP contribution is -2.28. The van der Waals surface area contributed by atoms with Gasteiger partial charge in [-0.3, -0.25) is 0 Å². The van der Waals surface area contributed by atoms with Crippen molar-refractivity contribution in [3.63, 3.8) is 0 Å². The Morgan fingerprint density at radius 1 is 1.12 bits per heavy atom. The zero-order chi connectivity index (χ0) is 12.0. The van der Waals surface area contributed by atoms with Gasteiger partial charge < -0.3 is 5.73 Å². The number of nitrogens with two attached hydrogens (primary N) is 1. The van der Waals surface area contributed by atoms with Gasteiger partial charge in [0.15, 0.2) is 0 Å². The van der Waals surface area contributed by atoms with Crippen LogP contribution in [0.3, 0.4) is 0 Å². The number of hydrogen-bond acceptors (Lipinski definition) is 3. The number of hydrogen-bond donors (Lipinski definition) is 1. The summed E-state index contributed by atoms with van der Waals surface area (Å²) in [6, 6.07) is 0. The molecule has 4 heteroatoms. The summed E-state index contributed by atoms with van der Waals surface area (Å²) >= 11 is 0. The molecule has 0 aromatic heterocycles. The molecule has 3 nitrogen and oxygen atoms in total. The van der Waals surface area contributed by atoms with Crippen molar-refractivity contribution in [2.75, 3.05) is 18.1 Å². The van der Waals surface area contributed by atoms with Crippen LogP contribution in [0.15, 0.2) is 0 Å². The van der Waals surface area contributed by atoms with E-state index in [9.17, 15) is 8.42 Å². The third-order valence-electron chi connectivity index (χ3n) is 3.68. The molecule has 1 rings (SSSR count). The van der Waals surface area contributed by atoms with E-state index in [-0.39, 0.29) is 0 Å². The largest absolute Gasteiger partial charge is 0.330 e. The van der Waals surface area contributed by atoms with Crippen LogP contribution in [0, 0.1) is 11.8 Å². The fourth-order valence-electron chi connectivity index (χ4n) is 2.72.